The average Bonchev–Trinajstić information content (AvgIpc) is 2.50. The normalized spacial score (nSPS) is 10.4. The van der Waals surface area contributed by atoms with Crippen LogP contribution in [0.25, 0.3) is 0 Å². The van der Waals surface area contributed by atoms with E-state index in [2.05, 4.69) is 15.8 Å². The quantitative estimate of drug-likeness (QED) is 0.517. The van der Waals surface area contributed by atoms with Crippen molar-refractivity contribution in [3.05, 3.63) is 59.9 Å². The molecule has 0 amide bonds. The van der Waals surface area contributed by atoms with E-state index in [1.807, 2.05) is 24.3 Å². The van der Waals surface area contributed by atoms with Crippen LogP contribution in [0.2, 0.25) is 0 Å². The first-order chi connectivity index (χ1) is 10.2. The highest BCUT2D eigenvalue weighted by Crippen LogP contribution is 2.14. The molecule has 0 spiro atoms. The van der Waals surface area contributed by atoms with Gasteiger partial charge in [0.1, 0.15) is 11.6 Å². The number of nitrogens with one attached hydrogen (secondary N) is 2. The second-order valence-electron chi connectivity index (χ2n) is 4.07. The molecular weight excluding hydrogens is 289 g/mol. The van der Waals surface area contributed by atoms with E-state index in [4.69, 9.17) is 17.0 Å². The molecule has 2 aromatic rings. The summed E-state index contributed by atoms with van der Waals surface area (Å²) in [7, 11) is 1.60. The van der Waals surface area contributed by atoms with Gasteiger partial charge >= 0.3 is 0 Å². The van der Waals surface area contributed by atoms with Crippen LogP contribution in [-0.4, -0.2) is 18.4 Å². The monoisotopic (exact) mass is 303 g/mol. The third-order valence-corrected chi connectivity index (χ3v) is 2.80. The topological polar surface area (TPSA) is 45.6 Å². The van der Waals surface area contributed by atoms with Gasteiger partial charge in [-0.1, -0.05) is 12.1 Å². The average molecular weight is 303 g/mol. The number of rotatable bonds is 4. The molecule has 108 valence electrons. The van der Waals surface area contributed by atoms with Crippen LogP contribution >= 0.6 is 12.2 Å². The predicted molar refractivity (Wildman–Crippen MR) is 86.3 cm³/mol. The van der Waals surface area contributed by atoms with E-state index in [1.54, 1.807) is 25.5 Å². The lowest BCUT2D eigenvalue weighted by molar-refractivity contribution is 0.414. The van der Waals surface area contributed by atoms with Gasteiger partial charge in [-0.25, -0.2) is 4.39 Å². The number of nitrogens with zero attached hydrogens (tertiary/aromatic N) is 1. The molecule has 0 saturated heterocycles. The van der Waals surface area contributed by atoms with Crippen LogP contribution < -0.4 is 15.5 Å². The van der Waals surface area contributed by atoms with Crippen molar-refractivity contribution < 1.29 is 9.13 Å². The third-order valence-electron chi connectivity index (χ3n) is 2.61. The van der Waals surface area contributed by atoms with Gasteiger partial charge in [0, 0.05) is 11.3 Å². The van der Waals surface area contributed by atoms with E-state index in [0.717, 1.165) is 11.3 Å². The molecule has 6 heteroatoms. The Morgan fingerprint density at radius 1 is 1.19 bits per heavy atom. The van der Waals surface area contributed by atoms with Crippen LogP contribution in [0.3, 0.4) is 0 Å². The molecule has 0 aromatic heterocycles. The second kappa shape index (κ2) is 7.35. The van der Waals surface area contributed by atoms with Crippen molar-refractivity contribution in [3.8, 4) is 5.75 Å². The molecule has 0 heterocycles. The van der Waals surface area contributed by atoms with Gasteiger partial charge in [0.2, 0.25) is 0 Å². The Kier molecular flexibility index (Phi) is 5.22. The first-order valence-corrected chi connectivity index (χ1v) is 6.58. The number of methoxy groups -OCH3 is 1. The molecule has 0 saturated carbocycles. The summed E-state index contributed by atoms with van der Waals surface area (Å²) in [6.07, 6.45) is 1.61. The number of hydrogen-bond acceptors (Lipinski definition) is 3. The predicted octanol–water partition coefficient (Wildman–Crippen LogP) is 3.15. The van der Waals surface area contributed by atoms with Gasteiger partial charge in [0.05, 0.1) is 13.3 Å². The first kappa shape index (κ1) is 14.9. The third kappa shape index (κ3) is 4.54. The molecule has 2 rings (SSSR count). The fourth-order valence-electron chi connectivity index (χ4n) is 1.63. The Balaban J connectivity index is 1.91. The number of ether oxygens (including phenoxy) is 1. The van der Waals surface area contributed by atoms with Crippen LogP contribution in [0.15, 0.2) is 53.6 Å². The molecule has 0 radical (unpaired) electrons. The number of halogens is 1. The van der Waals surface area contributed by atoms with Gasteiger partial charge < -0.3 is 10.1 Å². The van der Waals surface area contributed by atoms with Crippen LogP contribution in [0.1, 0.15) is 5.56 Å². The summed E-state index contributed by atoms with van der Waals surface area (Å²) in [6, 6.07) is 13.4. The van der Waals surface area contributed by atoms with E-state index in [9.17, 15) is 4.39 Å². The standard InChI is InChI=1S/C15H14FN3OS/c1-20-14-5-3-2-4-11(14)10-17-19-15(21)18-13-8-6-12(16)7-9-13/h2-10H,1H3,(H2,18,19,21). The second-order valence-corrected chi connectivity index (χ2v) is 4.48. The molecule has 0 aliphatic rings. The lowest BCUT2D eigenvalue weighted by Gasteiger charge is -2.07. The number of hydrazone groups is 1. The highest BCUT2D eigenvalue weighted by molar-refractivity contribution is 7.80. The summed E-state index contributed by atoms with van der Waals surface area (Å²) in [5.74, 6) is 0.425. The van der Waals surface area contributed by atoms with E-state index < -0.39 is 0 Å². The van der Waals surface area contributed by atoms with Crippen molar-refractivity contribution in [3.63, 3.8) is 0 Å². The Labute approximate surface area is 127 Å². The van der Waals surface area contributed by atoms with E-state index in [1.165, 1.54) is 12.1 Å². The highest BCUT2D eigenvalue weighted by atomic mass is 32.1. The summed E-state index contributed by atoms with van der Waals surface area (Å²) in [5.41, 5.74) is 4.20. The fraction of sp³-hybridized carbons (Fsp3) is 0.0667. The van der Waals surface area contributed by atoms with E-state index >= 15 is 0 Å². The SMILES string of the molecule is COc1ccccc1C=NNC(=S)Nc1ccc(F)cc1. The molecule has 0 atom stereocenters. The Hall–Kier alpha value is -2.47. The van der Waals surface area contributed by atoms with Crippen molar-refractivity contribution in [2.45, 2.75) is 0 Å². The highest BCUT2D eigenvalue weighted by Gasteiger charge is 1.99. The fourth-order valence-corrected chi connectivity index (χ4v) is 1.80. The van der Waals surface area contributed by atoms with Gasteiger partial charge in [-0.05, 0) is 48.6 Å². The molecule has 0 unspecified atom stereocenters. The lowest BCUT2D eigenvalue weighted by Crippen LogP contribution is -2.23. The smallest absolute Gasteiger partial charge is 0.191 e. The first-order valence-electron chi connectivity index (χ1n) is 6.17. The molecule has 2 aromatic carbocycles. The van der Waals surface area contributed by atoms with Crippen LogP contribution in [0.4, 0.5) is 10.1 Å². The summed E-state index contributed by atoms with van der Waals surface area (Å²) in [6.45, 7) is 0. The van der Waals surface area contributed by atoms with Gasteiger partial charge in [0.25, 0.3) is 0 Å². The zero-order valence-electron chi connectivity index (χ0n) is 11.3. The maximum Gasteiger partial charge on any atom is 0.191 e. The maximum atomic E-state index is 12.8. The molecule has 21 heavy (non-hydrogen) atoms. The van der Waals surface area contributed by atoms with Crippen molar-refractivity contribution in [2.24, 2.45) is 5.10 Å². The summed E-state index contributed by atoms with van der Waals surface area (Å²) in [5, 5.41) is 7.24. The van der Waals surface area contributed by atoms with Crippen LogP contribution in [-0.2, 0) is 0 Å². The lowest BCUT2D eigenvalue weighted by atomic mass is 10.2. The largest absolute Gasteiger partial charge is 0.496 e. The molecule has 2 N–H and O–H groups in total. The Bertz CT molecular complexity index is 644. The molecular formula is C15H14FN3OS. The minimum absolute atomic E-state index is 0.298. The van der Waals surface area contributed by atoms with Crippen molar-refractivity contribution in [2.75, 3.05) is 12.4 Å². The number of anilines is 1. The summed E-state index contributed by atoms with van der Waals surface area (Å²) >= 11 is 5.08. The van der Waals surface area contributed by atoms with Gasteiger partial charge in [0.15, 0.2) is 5.11 Å². The van der Waals surface area contributed by atoms with Crippen molar-refractivity contribution >= 4 is 29.2 Å². The van der Waals surface area contributed by atoms with Crippen LogP contribution in [0, 0.1) is 5.82 Å². The summed E-state index contributed by atoms with van der Waals surface area (Å²) in [4.78, 5) is 0. The van der Waals surface area contributed by atoms with Gasteiger partial charge in [-0.2, -0.15) is 5.10 Å². The molecule has 4 nitrogen and oxygen atoms in total. The van der Waals surface area contributed by atoms with Crippen molar-refractivity contribution in [1.29, 1.82) is 0 Å². The number of benzene rings is 2. The molecule has 0 bridgehead atoms. The Morgan fingerprint density at radius 3 is 2.62 bits per heavy atom. The molecule has 0 aliphatic carbocycles. The van der Waals surface area contributed by atoms with E-state index in [0.29, 0.717) is 10.8 Å². The Morgan fingerprint density at radius 2 is 1.90 bits per heavy atom. The van der Waals surface area contributed by atoms with Gasteiger partial charge in [-0.15, -0.1) is 0 Å². The minimum Gasteiger partial charge on any atom is -0.496 e. The van der Waals surface area contributed by atoms with Crippen LogP contribution in [0.5, 0.6) is 5.75 Å². The minimum atomic E-state index is -0.298. The van der Waals surface area contributed by atoms with Gasteiger partial charge in [-0.3, -0.25) is 5.43 Å². The zero-order valence-corrected chi connectivity index (χ0v) is 12.2. The van der Waals surface area contributed by atoms with Crippen molar-refractivity contribution in [1.82, 2.24) is 5.43 Å². The number of thiocarbonyl (C=S) groups is 1. The maximum absolute atomic E-state index is 12.8. The number of para-hydroxylation sites is 1. The zero-order chi connectivity index (χ0) is 15.1. The summed E-state index contributed by atoms with van der Waals surface area (Å²) < 4.78 is 18.0. The number of hydrogen-bond donors (Lipinski definition) is 2. The molecule has 0 fully saturated rings. The van der Waals surface area contributed by atoms with E-state index in [-0.39, 0.29) is 5.82 Å². The molecule has 0 aliphatic heterocycles.